The molecule has 6 aromatic rings. The SMILES string of the molecule is Cc1nc2c(-c3cccc4ccccc34)cc3ccccc3c2nc1-c1ccccc1. The molecule has 0 saturated carbocycles. The van der Waals surface area contributed by atoms with E-state index in [1.807, 2.05) is 18.2 Å². The van der Waals surface area contributed by atoms with Gasteiger partial charge < -0.3 is 0 Å². The van der Waals surface area contributed by atoms with E-state index in [0.29, 0.717) is 0 Å². The van der Waals surface area contributed by atoms with Crippen LogP contribution in [0.25, 0.3) is 55.0 Å². The van der Waals surface area contributed by atoms with Gasteiger partial charge >= 0.3 is 0 Å². The second kappa shape index (κ2) is 7.03. The van der Waals surface area contributed by atoms with Crippen molar-refractivity contribution in [3.05, 3.63) is 109 Å². The molecule has 0 unspecified atom stereocenters. The highest BCUT2D eigenvalue weighted by molar-refractivity contribution is 6.13. The number of aryl methyl sites for hydroxylation is 1. The lowest BCUT2D eigenvalue weighted by atomic mass is 9.94. The van der Waals surface area contributed by atoms with Gasteiger partial charge in [0, 0.05) is 16.5 Å². The Morgan fingerprint density at radius 1 is 0.516 bits per heavy atom. The summed E-state index contributed by atoms with van der Waals surface area (Å²) in [7, 11) is 0. The van der Waals surface area contributed by atoms with E-state index in [-0.39, 0.29) is 0 Å². The topological polar surface area (TPSA) is 25.8 Å². The largest absolute Gasteiger partial charge is 0.249 e. The Kier molecular flexibility index (Phi) is 4.03. The van der Waals surface area contributed by atoms with Crippen LogP contribution in [-0.2, 0) is 0 Å². The summed E-state index contributed by atoms with van der Waals surface area (Å²) in [4.78, 5) is 10.3. The standard InChI is InChI=1S/C29H20N2/c1-19-27(21-11-3-2-4-12-21)31-28-24-16-8-6-13-22(24)18-26(29(28)30-19)25-17-9-14-20-10-5-7-15-23(20)25/h2-18H,1H3. The van der Waals surface area contributed by atoms with Crippen LogP contribution in [0.2, 0.25) is 0 Å². The summed E-state index contributed by atoms with van der Waals surface area (Å²) >= 11 is 0. The van der Waals surface area contributed by atoms with E-state index in [4.69, 9.17) is 9.97 Å². The molecule has 0 amide bonds. The second-order valence-corrected chi connectivity index (χ2v) is 7.89. The molecule has 2 heteroatoms. The summed E-state index contributed by atoms with van der Waals surface area (Å²) in [6, 6.07) is 36.0. The summed E-state index contributed by atoms with van der Waals surface area (Å²) in [5.41, 5.74) is 7.19. The van der Waals surface area contributed by atoms with Crippen LogP contribution in [0.15, 0.2) is 103 Å². The van der Waals surface area contributed by atoms with Crippen molar-refractivity contribution in [3.8, 4) is 22.4 Å². The molecule has 146 valence electrons. The highest BCUT2D eigenvalue weighted by atomic mass is 14.8. The minimum absolute atomic E-state index is 0.938. The van der Waals surface area contributed by atoms with Gasteiger partial charge in [0.1, 0.15) is 0 Å². The molecule has 0 aliphatic carbocycles. The normalized spacial score (nSPS) is 11.4. The molecule has 0 atom stereocenters. The number of benzene rings is 5. The van der Waals surface area contributed by atoms with Crippen LogP contribution in [-0.4, -0.2) is 9.97 Å². The summed E-state index contributed by atoms with van der Waals surface area (Å²) in [6.45, 7) is 2.05. The first-order valence-corrected chi connectivity index (χ1v) is 10.5. The van der Waals surface area contributed by atoms with E-state index >= 15 is 0 Å². The number of hydrogen-bond acceptors (Lipinski definition) is 2. The zero-order valence-corrected chi connectivity index (χ0v) is 17.2. The monoisotopic (exact) mass is 396 g/mol. The number of hydrogen-bond donors (Lipinski definition) is 0. The van der Waals surface area contributed by atoms with Gasteiger partial charge in [0.05, 0.1) is 22.4 Å². The van der Waals surface area contributed by atoms with Crippen molar-refractivity contribution in [2.24, 2.45) is 0 Å². The lowest BCUT2D eigenvalue weighted by Gasteiger charge is -2.14. The molecule has 0 aliphatic heterocycles. The molecular formula is C29H20N2. The fourth-order valence-electron chi connectivity index (χ4n) is 4.49. The van der Waals surface area contributed by atoms with Crippen LogP contribution >= 0.6 is 0 Å². The van der Waals surface area contributed by atoms with E-state index in [1.54, 1.807) is 0 Å². The van der Waals surface area contributed by atoms with E-state index in [2.05, 4.69) is 91.9 Å². The second-order valence-electron chi connectivity index (χ2n) is 7.89. The smallest absolute Gasteiger partial charge is 0.0979 e. The lowest BCUT2D eigenvalue weighted by molar-refractivity contribution is 1.19. The third-order valence-corrected chi connectivity index (χ3v) is 5.97. The van der Waals surface area contributed by atoms with Gasteiger partial charge in [-0.1, -0.05) is 97.1 Å². The molecule has 0 saturated heterocycles. The predicted molar refractivity (Wildman–Crippen MR) is 130 cm³/mol. The van der Waals surface area contributed by atoms with Gasteiger partial charge in [-0.25, -0.2) is 9.97 Å². The molecule has 31 heavy (non-hydrogen) atoms. The van der Waals surface area contributed by atoms with Crippen LogP contribution in [0.5, 0.6) is 0 Å². The van der Waals surface area contributed by atoms with Gasteiger partial charge in [0.2, 0.25) is 0 Å². The Morgan fingerprint density at radius 3 is 2.03 bits per heavy atom. The molecule has 5 aromatic carbocycles. The van der Waals surface area contributed by atoms with E-state index < -0.39 is 0 Å². The summed E-state index contributed by atoms with van der Waals surface area (Å²) < 4.78 is 0. The van der Waals surface area contributed by atoms with Crippen molar-refractivity contribution >= 4 is 32.6 Å². The maximum Gasteiger partial charge on any atom is 0.0979 e. The third-order valence-electron chi connectivity index (χ3n) is 5.97. The van der Waals surface area contributed by atoms with Crippen LogP contribution in [0.4, 0.5) is 0 Å². The van der Waals surface area contributed by atoms with Crippen molar-refractivity contribution in [1.82, 2.24) is 9.97 Å². The van der Waals surface area contributed by atoms with Gasteiger partial charge in [0.25, 0.3) is 0 Å². The quantitative estimate of drug-likeness (QED) is 0.282. The van der Waals surface area contributed by atoms with Crippen molar-refractivity contribution in [3.63, 3.8) is 0 Å². The van der Waals surface area contributed by atoms with Gasteiger partial charge in [-0.3, -0.25) is 0 Å². The Balaban J connectivity index is 1.75. The number of fused-ring (bicyclic) bond motifs is 4. The molecule has 1 heterocycles. The number of aromatic nitrogens is 2. The van der Waals surface area contributed by atoms with Gasteiger partial charge in [0.15, 0.2) is 0 Å². The molecule has 2 nitrogen and oxygen atoms in total. The van der Waals surface area contributed by atoms with Crippen LogP contribution in [0.1, 0.15) is 5.69 Å². The average Bonchev–Trinajstić information content (AvgIpc) is 2.83. The average molecular weight is 396 g/mol. The van der Waals surface area contributed by atoms with Crippen molar-refractivity contribution in [2.75, 3.05) is 0 Å². The van der Waals surface area contributed by atoms with E-state index in [9.17, 15) is 0 Å². The Labute approximate surface area is 180 Å². The van der Waals surface area contributed by atoms with Gasteiger partial charge in [-0.15, -0.1) is 0 Å². The zero-order valence-electron chi connectivity index (χ0n) is 17.2. The molecular weight excluding hydrogens is 376 g/mol. The van der Waals surface area contributed by atoms with Crippen molar-refractivity contribution < 1.29 is 0 Å². The fourth-order valence-corrected chi connectivity index (χ4v) is 4.49. The number of rotatable bonds is 2. The molecule has 0 spiro atoms. The molecule has 0 fully saturated rings. The van der Waals surface area contributed by atoms with Crippen molar-refractivity contribution in [2.45, 2.75) is 6.92 Å². The molecule has 0 bridgehead atoms. The highest BCUT2D eigenvalue weighted by Crippen LogP contribution is 2.37. The first-order valence-electron chi connectivity index (χ1n) is 10.5. The van der Waals surface area contributed by atoms with Crippen molar-refractivity contribution in [1.29, 1.82) is 0 Å². The molecule has 6 rings (SSSR count). The maximum atomic E-state index is 5.18. The minimum atomic E-state index is 0.938. The third kappa shape index (κ3) is 2.88. The molecule has 1 aromatic heterocycles. The highest BCUT2D eigenvalue weighted by Gasteiger charge is 2.16. The van der Waals surface area contributed by atoms with E-state index in [0.717, 1.165) is 38.9 Å². The molecule has 0 N–H and O–H groups in total. The number of nitrogens with zero attached hydrogens (tertiary/aromatic N) is 2. The lowest BCUT2D eigenvalue weighted by Crippen LogP contribution is -1.97. The summed E-state index contributed by atoms with van der Waals surface area (Å²) in [5.74, 6) is 0. The van der Waals surface area contributed by atoms with Gasteiger partial charge in [-0.05, 0) is 34.7 Å². The van der Waals surface area contributed by atoms with Crippen LogP contribution < -0.4 is 0 Å². The Hall–Kier alpha value is -4.04. The molecule has 0 radical (unpaired) electrons. The minimum Gasteiger partial charge on any atom is -0.249 e. The van der Waals surface area contributed by atoms with Gasteiger partial charge in [-0.2, -0.15) is 0 Å². The first-order chi connectivity index (χ1) is 15.3. The zero-order chi connectivity index (χ0) is 20.8. The molecule has 0 aliphatic rings. The van der Waals surface area contributed by atoms with Crippen LogP contribution in [0, 0.1) is 6.92 Å². The Bertz CT molecular complexity index is 1580. The van der Waals surface area contributed by atoms with Crippen LogP contribution in [0.3, 0.4) is 0 Å². The fraction of sp³-hybridized carbons (Fsp3) is 0.0345. The Morgan fingerprint density at radius 2 is 1.19 bits per heavy atom. The first kappa shape index (κ1) is 17.8. The summed E-state index contributed by atoms with van der Waals surface area (Å²) in [6.07, 6.45) is 0. The summed E-state index contributed by atoms with van der Waals surface area (Å²) in [5, 5.41) is 4.77. The van der Waals surface area contributed by atoms with E-state index in [1.165, 1.54) is 21.7 Å². The maximum absolute atomic E-state index is 5.18. The predicted octanol–water partition coefficient (Wildman–Crippen LogP) is 7.58.